The predicted octanol–water partition coefficient (Wildman–Crippen LogP) is 3.97. The molecule has 0 spiro atoms. The zero-order chi connectivity index (χ0) is 14.9. The molecule has 108 valence electrons. The molecule has 0 saturated heterocycles. The minimum absolute atomic E-state index is 0.453. The van der Waals surface area contributed by atoms with E-state index in [1.807, 2.05) is 30.3 Å². The van der Waals surface area contributed by atoms with Crippen LogP contribution in [-0.2, 0) is 0 Å². The molecule has 22 heavy (non-hydrogen) atoms. The summed E-state index contributed by atoms with van der Waals surface area (Å²) in [5, 5.41) is 0. The molecule has 0 aromatic heterocycles. The first kappa shape index (κ1) is 13.2. The Kier molecular flexibility index (Phi) is 3.20. The van der Waals surface area contributed by atoms with Gasteiger partial charge in [-0.25, -0.2) is 4.99 Å². The highest BCUT2D eigenvalue weighted by Gasteiger charge is 2.35. The molecule has 2 nitrogen and oxygen atoms in total. The molecule has 1 aliphatic heterocycles. The summed E-state index contributed by atoms with van der Waals surface area (Å²) >= 11 is 0. The Hall–Kier alpha value is -2.53. The van der Waals surface area contributed by atoms with Crippen LogP contribution in [0.15, 0.2) is 53.5 Å². The van der Waals surface area contributed by atoms with Crippen LogP contribution in [-0.4, -0.2) is 5.84 Å². The molecule has 2 heteroatoms. The van der Waals surface area contributed by atoms with E-state index in [1.54, 1.807) is 0 Å². The fourth-order valence-corrected chi connectivity index (χ4v) is 3.61. The molecular formula is C20H18N2. The van der Waals surface area contributed by atoms with Crippen molar-refractivity contribution >= 4 is 11.5 Å². The first-order valence-corrected chi connectivity index (χ1v) is 7.86. The van der Waals surface area contributed by atoms with Gasteiger partial charge >= 0.3 is 0 Å². The molecule has 2 aliphatic rings. The van der Waals surface area contributed by atoms with E-state index in [0.29, 0.717) is 11.8 Å². The van der Waals surface area contributed by atoms with Crippen molar-refractivity contribution in [2.75, 3.05) is 0 Å². The Balaban J connectivity index is 1.69. The van der Waals surface area contributed by atoms with Crippen molar-refractivity contribution in [1.82, 2.24) is 0 Å². The average Bonchev–Trinajstić information content (AvgIpc) is 3.04. The van der Waals surface area contributed by atoms with E-state index in [9.17, 15) is 0 Å². The van der Waals surface area contributed by atoms with Crippen molar-refractivity contribution in [1.29, 1.82) is 0 Å². The Bertz CT molecular complexity index is 793. The van der Waals surface area contributed by atoms with Gasteiger partial charge in [0.05, 0.1) is 5.69 Å². The topological polar surface area (TPSA) is 38.4 Å². The number of nitrogens with zero attached hydrogens (tertiary/aromatic N) is 1. The first-order chi connectivity index (χ1) is 10.8. The van der Waals surface area contributed by atoms with E-state index in [4.69, 9.17) is 5.73 Å². The van der Waals surface area contributed by atoms with Gasteiger partial charge in [0, 0.05) is 17.0 Å². The van der Waals surface area contributed by atoms with Crippen LogP contribution in [0.3, 0.4) is 0 Å². The maximum Gasteiger partial charge on any atom is 0.103 e. The number of amidine groups is 1. The molecule has 2 N–H and O–H groups in total. The Morgan fingerprint density at radius 2 is 1.68 bits per heavy atom. The van der Waals surface area contributed by atoms with Crippen molar-refractivity contribution in [3.63, 3.8) is 0 Å². The number of hydrogen-bond acceptors (Lipinski definition) is 2. The number of rotatable bonds is 0. The minimum atomic E-state index is 0.453. The maximum absolute atomic E-state index is 6.16. The number of aliphatic imine (C=N–C) groups is 1. The molecule has 2 aromatic rings. The largest absolute Gasteiger partial charge is 0.387 e. The summed E-state index contributed by atoms with van der Waals surface area (Å²) in [5.41, 5.74) is 10.6. The lowest BCUT2D eigenvalue weighted by atomic mass is 9.84. The number of nitrogens with two attached hydrogens (primary N) is 1. The van der Waals surface area contributed by atoms with E-state index in [1.165, 1.54) is 24.8 Å². The molecule has 1 heterocycles. The van der Waals surface area contributed by atoms with Crippen molar-refractivity contribution in [2.24, 2.45) is 16.6 Å². The lowest BCUT2D eigenvalue weighted by molar-refractivity contribution is 0.610. The number of benzene rings is 2. The van der Waals surface area contributed by atoms with Crippen LogP contribution in [0.2, 0.25) is 0 Å². The normalized spacial score (nSPS) is 22.1. The highest BCUT2D eigenvalue weighted by Crippen LogP contribution is 2.46. The van der Waals surface area contributed by atoms with Crippen molar-refractivity contribution in [3.8, 4) is 11.8 Å². The van der Waals surface area contributed by atoms with E-state index >= 15 is 0 Å². The second-order valence-corrected chi connectivity index (χ2v) is 6.07. The summed E-state index contributed by atoms with van der Waals surface area (Å²) < 4.78 is 0. The highest BCUT2D eigenvalue weighted by molar-refractivity contribution is 5.89. The van der Waals surface area contributed by atoms with Gasteiger partial charge in [0.25, 0.3) is 0 Å². The second-order valence-electron chi connectivity index (χ2n) is 6.07. The van der Waals surface area contributed by atoms with Crippen LogP contribution < -0.4 is 5.73 Å². The fraction of sp³-hybridized carbons (Fsp3) is 0.250. The molecule has 0 radical (unpaired) electrons. The molecule has 0 bridgehead atoms. The Morgan fingerprint density at radius 1 is 0.909 bits per heavy atom. The van der Waals surface area contributed by atoms with Gasteiger partial charge < -0.3 is 5.73 Å². The van der Waals surface area contributed by atoms with E-state index < -0.39 is 0 Å². The minimum Gasteiger partial charge on any atom is -0.387 e. The average molecular weight is 286 g/mol. The second kappa shape index (κ2) is 5.35. The van der Waals surface area contributed by atoms with Crippen LogP contribution in [0.4, 0.5) is 5.69 Å². The van der Waals surface area contributed by atoms with Gasteiger partial charge in [0.1, 0.15) is 5.84 Å². The SMILES string of the molecule is NC1=Nc2cc(C#Cc3ccccc3)ccc2C2CCCC12. The Labute approximate surface area is 131 Å². The highest BCUT2D eigenvalue weighted by atomic mass is 14.9. The van der Waals surface area contributed by atoms with Gasteiger partial charge in [-0.2, -0.15) is 0 Å². The maximum atomic E-state index is 6.16. The molecule has 1 aliphatic carbocycles. The monoisotopic (exact) mass is 286 g/mol. The quantitative estimate of drug-likeness (QED) is 0.731. The van der Waals surface area contributed by atoms with Crippen molar-refractivity contribution < 1.29 is 0 Å². The van der Waals surface area contributed by atoms with Gasteiger partial charge in [-0.15, -0.1) is 0 Å². The molecular weight excluding hydrogens is 268 g/mol. The van der Waals surface area contributed by atoms with E-state index in [2.05, 4.69) is 35.0 Å². The molecule has 2 atom stereocenters. The zero-order valence-electron chi connectivity index (χ0n) is 12.4. The van der Waals surface area contributed by atoms with Gasteiger partial charge in [0.15, 0.2) is 0 Å². The summed E-state index contributed by atoms with van der Waals surface area (Å²) in [6.07, 6.45) is 3.65. The summed E-state index contributed by atoms with van der Waals surface area (Å²) in [6, 6.07) is 16.4. The van der Waals surface area contributed by atoms with Gasteiger partial charge in [-0.1, -0.05) is 42.5 Å². The number of fused-ring (bicyclic) bond motifs is 3. The lowest BCUT2D eigenvalue weighted by Gasteiger charge is -2.26. The van der Waals surface area contributed by atoms with Crippen LogP contribution in [0.25, 0.3) is 0 Å². The third kappa shape index (κ3) is 2.29. The lowest BCUT2D eigenvalue weighted by Crippen LogP contribution is -2.28. The zero-order valence-corrected chi connectivity index (χ0v) is 12.4. The summed E-state index contributed by atoms with van der Waals surface area (Å²) in [4.78, 5) is 4.63. The van der Waals surface area contributed by atoms with Crippen molar-refractivity contribution in [3.05, 3.63) is 65.2 Å². The standard InChI is InChI=1S/C20H18N2/c21-20-18-8-4-7-16(18)17-12-11-15(13-19(17)22-20)10-9-14-5-2-1-3-6-14/h1-3,5-6,11-13,16,18H,4,7-8H2,(H2,21,22). The first-order valence-electron chi connectivity index (χ1n) is 7.86. The van der Waals surface area contributed by atoms with Crippen LogP contribution >= 0.6 is 0 Å². The van der Waals surface area contributed by atoms with Gasteiger partial charge in [0.2, 0.25) is 0 Å². The number of hydrogen-bond donors (Lipinski definition) is 1. The predicted molar refractivity (Wildman–Crippen MR) is 90.2 cm³/mol. The van der Waals surface area contributed by atoms with Gasteiger partial charge in [-0.3, -0.25) is 0 Å². The summed E-state index contributed by atoms with van der Waals surface area (Å²) in [5.74, 6) is 8.24. The third-order valence-electron chi connectivity index (χ3n) is 4.70. The summed E-state index contributed by atoms with van der Waals surface area (Å²) in [7, 11) is 0. The third-order valence-corrected chi connectivity index (χ3v) is 4.70. The molecule has 0 amide bonds. The molecule has 4 rings (SSSR count). The van der Waals surface area contributed by atoms with Crippen LogP contribution in [0.5, 0.6) is 0 Å². The van der Waals surface area contributed by atoms with Crippen LogP contribution in [0.1, 0.15) is 41.9 Å². The van der Waals surface area contributed by atoms with Crippen molar-refractivity contribution in [2.45, 2.75) is 25.2 Å². The van der Waals surface area contributed by atoms with Crippen LogP contribution in [0, 0.1) is 17.8 Å². The summed E-state index contributed by atoms with van der Waals surface area (Å²) in [6.45, 7) is 0. The molecule has 1 fully saturated rings. The Morgan fingerprint density at radius 3 is 2.55 bits per heavy atom. The van der Waals surface area contributed by atoms with E-state index in [0.717, 1.165) is 22.6 Å². The van der Waals surface area contributed by atoms with E-state index in [-0.39, 0.29) is 0 Å². The molecule has 2 aromatic carbocycles. The molecule has 1 saturated carbocycles. The molecule has 2 unspecified atom stereocenters. The fourth-order valence-electron chi connectivity index (χ4n) is 3.61. The smallest absolute Gasteiger partial charge is 0.103 e. The van der Waals surface area contributed by atoms with Gasteiger partial charge in [-0.05, 0) is 48.6 Å².